The first-order valence-corrected chi connectivity index (χ1v) is 5.96. The van der Waals surface area contributed by atoms with Crippen LogP contribution in [0.3, 0.4) is 0 Å². The zero-order valence-electron chi connectivity index (χ0n) is 6.93. The van der Waals surface area contributed by atoms with Gasteiger partial charge in [0.15, 0.2) is 0 Å². The molecule has 0 atom stereocenters. The minimum Gasteiger partial charge on any atom is -0.0876 e. The molecule has 0 unspecified atom stereocenters. The molecule has 0 bridgehead atoms. The number of hydrogen-bond donors (Lipinski definition) is 0. The highest BCUT2D eigenvalue weighted by Crippen LogP contribution is 2.28. The summed E-state index contributed by atoms with van der Waals surface area (Å²) in [5.41, 5.74) is 1.32. The lowest BCUT2D eigenvalue weighted by Gasteiger charge is -2.04. The highest BCUT2D eigenvalue weighted by molar-refractivity contribution is 9.10. The minimum atomic E-state index is 0.896. The van der Waals surface area contributed by atoms with Crippen molar-refractivity contribution in [2.75, 3.05) is 0 Å². The minimum absolute atomic E-state index is 0.896. The van der Waals surface area contributed by atoms with E-state index >= 15 is 0 Å². The van der Waals surface area contributed by atoms with Crippen LogP contribution in [-0.2, 0) is 5.33 Å². The molecule has 0 amide bonds. The van der Waals surface area contributed by atoms with E-state index in [1.165, 1.54) is 20.8 Å². The Labute approximate surface area is 94.2 Å². The average molecular weight is 300 g/mol. The van der Waals surface area contributed by atoms with Gasteiger partial charge in [0.05, 0.1) is 0 Å². The van der Waals surface area contributed by atoms with Gasteiger partial charge < -0.3 is 0 Å². The first kappa shape index (κ1) is 9.22. The second kappa shape index (κ2) is 3.81. The normalized spacial score (nSPS) is 10.6. The molecule has 0 fully saturated rings. The Hall–Kier alpha value is -0.340. The molecule has 66 valence electrons. The van der Waals surface area contributed by atoms with Crippen molar-refractivity contribution in [1.82, 2.24) is 0 Å². The molecule has 0 heterocycles. The Morgan fingerprint density at radius 2 is 1.69 bits per heavy atom. The monoisotopic (exact) mass is 298 g/mol. The van der Waals surface area contributed by atoms with Crippen molar-refractivity contribution in [3.63, 3.8) is 0 Å². The zero-order valence-corrected chi connectivity index (χ0v) is 10.1. The third kappa shape index (κ3) is 1.65. The third-order valence-corrected chi connectivity index (χ3v) is 3.35. The molecule has 0 N–H and O–H groups in total. The maximum absolute atomic E-state index is 3.57. The van der Waals surface area contributed by atoms with E-state index in [0.717, 1.165) is 5.33 Å². The van der Waals surface area contributed by atoms with Crippen molar-refractivity contribution in [3.8, 4) is 0 Å². The van der Waals surface area contributed by atoms with Gasteiger partial charge >= 0.3 is 0 Å². The summed E-state index contributed by atoms with van der Waals surface area (Å²) >= 11 is 7.06. The molecule has 0 aliphatic rings. The fourth-order valence-corrected chi connectivity index (χ4v) is 2.58. The first-order valence-electron chi connectivity index (χ1n) is 4.05. The molecule has 13 heavy (non-hydrogen) atoms. The second-order valence-electron chi connectivity index (χ2n) is 2.89. The van der Waals surface area contributed by atoms with Crippen molar-refractivity contribution in [3.05, 3.63) is 46.4 Å². The molecule has 0 saturated heterocycles. The Morgan fingerprint density at radius 1 is 1.00 bits per heavy atom. The van der Waals surface area contributed by atoms with Gasteiger partial charge in [-0.05, 0) is 22.4 Å². The van der Waals surface area contributed by atoms with E-state index in [9.17, 15) is 0 Å². The Bertz CT molecular complexity index is 430. The fraction of sp³-hybridized carbons (Fsp3) is 0.0909. The lowest BCUT2D eigenvalue weighted by molar-refractivity contribution is 1.48. The highest BCUT2D eigenvalue weighted by Gasteiger charge is 2.01. The van der Waals surface area contributed by atoms with E-state index < -0.39 is 0 Å². The van der Waals surface area contributed by atoms with Gasteiger partial charge in [-0.2, -0.15) is 0 Å². The predicted octanol–water partition coefficient (Wildman–Crippen LogP) is 4.50. The van der Waals surface area contributed by atoms with E-state index in [1.807, 2.05) is 0 Å². The average Bonchev–Trinajstić information content (AvgIpc) is 2.17. The maximum Gasteiger partial charge on any atom is 0.0289 e. The van der Waals surface area contributed by atoms with Crippen molar-refractivity contribution >= 4 is 42.6 Å². The molecule has 0 saturated carbocycles. The molecule has 2 aromatic carbocycles. The van der Waals surface area contributed by atoms with Crippen LogP contribution in [-0.4, -0.2) is 0 Å². The molecule has 0 aromatic heterocycles. The molecule has 0 spiro atoms. The van der Waals surface area contributed by atoms with Crippen LogP contribution in [0, 0.1) is 0 Å². The van der Waals surface area contributed by atoms with E-state index in [-0.39, 0.29) is 0 Å². The second-order valence-corrected chi connectivity index (χ2v) is 4.30. The van der Waals surface area contributed by atoms with Crippen molar-refractivity contribution in [2.45, 2.75) is 5.33 Å². The van der Waals surface area contributed by atoms with Crippen molar-refractivity contribution in [1.29, 1.82) is 0 Å². The van der Waals surface area contributed by atoms with Gasteiger partial charge in [-0.25, -0.2) is 0 Å². The largest absolute Gasteiger partial charge is 0.0876 e. The van der Waals surface area contributed by atoms with Gasteiger partial charge in [-0.1, -0.05) is 62.2 Å². The summed E-state index contributed by atoms with van der Waals surface area (Å²) in [6.07, 6.45) is 0. The molecular formula is C11H8Br2. The van der Waals surface area contributed by atoms with Crippen LogP contribution in [0.4, 0.5) is 0 Å². The summed E-state index contributed by atoms with van der Waals surface area (Å²) in [7, 11) is 0. The third-order valence-electron chi connectivity index (χ3n) is 2.08. The molecule has 2 aromatic rings. The number of fused-ring (bicyclic) bond motifs is 1. The molecule has 2 rings (SSSR count). The van der Waals surface area contributed by atoms with Crippen LogP contribution < -0.4 is 0 Å². The van der Waals surface area contributed by atoms with Crippen LogP contribution in [0.1, 0.15) is 5.56 Å². The molecule has 0 aliphatic heterocycles. The first-order chi connectivity index (χ1) is 6.33. The predicted molar refractivity (Wildman–Crippen MR) is 64.3 cm³/mol. The fourth-order valence-electron chi connectivity index (χ4n) is 1.48. The van der Waals surface area contributed by atoms with E-state index in [2.05, 4.69) is 68.3 Å². The zero-order chi connectivity index (χ0) is 9.26. The van der Waals surface area contributed by atoms with Crippen LogP contribution >= 0.6 is 31.9 Å². The standard InChI is InChI=1S/C11H8Br2/c12-7-9-5-1-3-8-4-2-6-10(13)11(8)9/h1-6H,7H2. The van der Waals surface area contributed by atoms with Crippen LogP contribution in [0.5, 0.6) is 0 Å². The number of alkyl halides is 1. The van der Waals surface area contributed by atoms with Gasteiger partial charge in [-0.15, -0.1) is 0 Å². The molecule has 0 nitrogen and oxygen atoms in total. The lowest BCUT2D eigenvalue weighted by Crippen LogP contribution is -1.82. The summed E-state index contributed by atoms with van der Waals surface area (Å²) in [5.74, 6) is 0. The van der Waals surface area contributed by atoms with Crippen LogP contribution in [0.2, 0.25) is 0 Å². The molecular weight excluding hydrogens is 292 g/mol. The topological polar surface area (TPSA) is 0 Å². The Balaban J connectivity index is 2.87. The maximum atomic E-state index is 3.57. The van der Waals surface area contributed by atoms with Gasteiger partial charge in [-0.3, -0.25) is 0 Å². The van der Waals surface area contributed by atoms with Gasteiger partial charge in [0, 0.05) is 9.80 Å². The molecule has 0 radical (unpaired) electrons. The quantitative estimate of drug-likeness (QED) is 0.680. The number of benzene rings is 2. The van der Waals surface area contributed by atoms with Crippen LogP contribution in [0.15, 0.2) is 40.9 Å². The lowest BCUT2D eigenvalue weighted by atomic mass is 10.1. The van der Waals surface area contributed by atoms with Crippen molar-refractivity contribution in [2.24, 2.45) is 0 Å². The smallest absolute Gasteiger partial charge is 0.0289 e. The van der Waals surface area contributed by atoms with Crippen LogP contribution in [0.25, 0.3) is 10.8 Å². The van der Waals surface area contributed by atoms with E-state index in [1.54, 1.807) is 0 Å². The SMILES string of the molecule is BrCc1cccc2cccc(Br)c12. The van der Waals surface area contributed by atoms with Crippen molar-refractivity contribution < 1.29 is 0 Å². The molecule has 2 heteroatoms. The number of halogens is 2. The summed E-state index contributed by atoms with van der Waals surface area (Å²) in [6.45, 7) is 0. The Morgan fingerprint density at radius 3 is 2.38 bits per heavy atom. The van der Waals surface area contributed by atoms with Gasteiger partial charge in [0.1, 0.15) is 0 Å². The number of rotatable bonds is 1. The van der Waals surface area contributed by atoms with Gasteiger partial charge in [0.2, 0.25) is 0 Å². The summed E-state index contributed by atoms with van der Waals surface area (Å²) < 4.78 is 1.17. The summed E-state index contributed by atoms with van der Waals surface area (Å²) in [5, 5.41) is 3.49. The van der Waals surface area contributed by atoms with Gasteiger partial charge in [0.25, 0.3) is 0 Å². The molecule has 0 aliphatic carbocycles. The van der Waals surface area contributed by atoms with E-state index in [4.69, 9.17) is 0 Å². The Kier molecular flexibility index (Phi) is 2.70. The highest BCUT2D eigenvalue weighted by atomic mass is 79.9. The summed E-state index contributed by atoms with van der Waals surface area (Å²) in [6, 6.07) is 12.6. The van der Waals surface area contributed by atoms with E-state index in [0.29, 0.717) is 0 Å². The summed E-state index contributed by atoms with van der Waals surface area (Å²) in [4.78, 5) is 0. The number of hydrogen-bond acceptors (Lipinski definition) is 0.